The van der Waals surface area contributed by atoms with Crippen LogP contribution in [0.4, 0.5) is 0 Å². The molecule has 66 valence electrons. The van der Waals surface area contributed by atoms with Crippen LogP contribution in [0.2, 0.25) is 0 Å². The molecule has 1 atom stereocenters. The quantitative estimate of drug-likeness (QED) is 0.735. The highest BCUT2D eigenvalue weighted by Crippen LogP contribution is 2.09. The lowest BCUT2D eigenvalue weighted by Crippen LogP contribution is -2.12. The van der Waals surface area contributed by atoms with Gasteiger partial charge in [-0.3, -0.25) is 9.48 Å². The number of carbonyl (C=O) groups excluding carboxylic acids is 1. The number of Topliss-reactive ketones (excluding diaryl/α,β-unsaturated/α-hetero) is 1. The molecule has 0 radical (unpaired) electrons. The minimum Gasteiger partial charge on any atom is -0.299 e. The molecular formula is C8H11BrN2O. The summed E-state index contributed by atoms with van der Waals surface area (Å²) in [7, 11) is 1.86. The van der Waals surface area contributed by atoms with Crippen molar-refractivity contribution in [2.24, 2.45) is 7.05 Å². The number of alkyl halides is 1. The molecule has 4 heteroatoms. The van der Waals surface area contributed by atoms with E-state index >= 15 is 0 Å². The summed E-state index contributed by atoms with van der Waals surface area (Å²) in [5.74, 6) is 0.152. The summed E-state index contributed by atoms with van der Waals surface area (Å²) in [6.45, 7) is 1.58. The van der Waals surface area contributed by atoms with Gasteiger partial charge in [-0.05, 0) is 18.9 Å². The summed E-state index contributed by atoms with van der Waals surface area (Å²) in [6.07, 6.45) is 4.40. The van der Waals surface area contributed by atoms with E-state index in [1.807, 2.05) is 13.2 Å². The lowest BCUT2D eigenvalue weighted by molar-refractivity contribution is -0.116. The molecule has 1 unspecified atom stereocenters. The topological polar surface area (TPSA) is 34.9 Å². The molecule has 0 bridgehead atoms. The fourth-order valence-electron chi connectivity index (χ4n) is 0.928. The summed E-state index contributed by atoms with van der Waals surface area (Å²) in [6, 6.07) is 0. The van der Waals surface area contributed by atoms with Crippen LogP contribution < -0.4 is 0 Å². The first-order valence-electron chi connectivity index (χ1n) is 3.71. The van der Waals surface area contributed by atoms with Crippen LogP contribution in [0.1, 0.15) is 12.5 Å². The summed E-state index contributed by atoms with van der Waals surface area (Å²) in [5, 5.41) is 4.01. The molecular weight excluding hydrogens is 220 g/mol. The third-order valence-corrected chi connectivity index (χ3v) is 2.58. The van der Waals surface area contributed by atoms with Crippen molar-refractivity contribution in [1.29, 1.82) is 0 Å². The van der Waals surface area contributed by atoms with Gasteiger partial charge >= 0.3 is 0 Å². The number of aryl methyl sites for hydroxylation is 1. The fraction of sp³-hybridized carbons (Fsp3) is 0.500. The Morgan fingerprint density at radius 3 is 2.92 bits per heavy atom. The maximum atomic E-state index is 10.9. The zero-order valence-electron chi connectivity index (χ0n) is 7.12. The Bertz CT molecular complexity index is 282. The molecule has 0 amide bonds. The second-order valence-corrected chi connectivity index (χ2v) is 3.91. The van der Waals surface area contributed by atoms with Crippen LogP contribution in [0.15, 0.2) is 12.4 Å². The number of aromatic nitrogens is 2. The molecule has 1 rings (SSSR count). The van der Waals surface area contributed by atoms with E-state index in [0.29, 0.717) is 6.42 Å². The standard InChI is InChI=1S/C8H11BrN2O/c1-6(12)8(9)3-7-4-10-11(2)5-7/h4-5,8H,3H2,1-2H3. The van der Waals surface area contributed by atoms with Gasteiger partial charge in [-0.1, -0.05) is 15.9 Å². The Morgan fingerprint density at radius 1 is 1.83 bits per heavy atom. The Balaban J connectivity index is 2.58. The number of ketones is 1. The molecule has 0 saturated heterocycles. The van der Waals surface area contributed by atoms with Gasteiger partial charge in [-0.15, -0.1) is 0 Å². The van der Waals surface area contributed by atoms with Crippen molar-refractivity contribution >= 4 is 21.7 Å². The van der Waals surface area contributed by atoms with Crippen molar-refractivity contribution in [3.63, 3.8) is 0 Å². The van der Waals surface area contributed by atoms with Crippen molar-refractivity contribution in [3.8, 4) is 0 Å². The van der Waals surface area contributed by atoms with E-state index in [4.69, 9.17) is 0 Å². The summed E-state index contributed by atoms with van der Waals surface area (Å²) >= 11 is 3.30. The number of hydrogen-bond donors (Lipinski definition) is 0. The SMILES string of the molecule is CC(=O)C(Br)Cc1cnn(C)c1. The average molecular weight is 231 g/mol. The van der Waals surface area contributed by atoms with Gasteiger partial charge in [-0.25, -0.2) is 0 Å². The predicted molar refractivity (Wildman–Crippen MR) is 50.3 cm³/mol. The molecule has 0 spiro atoms. The van der Waals surface area contributed by atoms with E-state index in [2.05, 4.69) is 21.0 Å². The van der Waals surface area contributed by atoms with Crippen molar-refractivity contribution in [2.75, 3.05) is 0 Å². The largest absolute Gasteiger partial charge is 0.299 e. The second-order valence-electron chi connectivity index (χ2n) is 2.80. The Hall–Kier alpha value is -0.640. The van der Waals surface area contributed by atoms with Crippen LogP contribution in [0.3, 0.4) is 0 Å². The van der Waals surface area contributed by atoms with Crippen LogP contribution in [-0.2, 0) is 18.3 Å². The highest BCUT2D eigenvalue weighted by atomic mass is 79.9. The van der Waals surface area contributed by atoms with Crippen molar-refractivity contribution in [2.45, 2.75) is 18.2 Å². The van der Waals surface area contributed by atoms with Crippen molar-refractivity contribution < 1.29 is 4.79 Å². The number of hydrogen-bond acceptors (Lipinski definition) is 2. The first kappa shape index (κ1) is 9.45. The summed E-state index contributed by atoms with van der Waals surface area (Å²) < 4.78 is 1.73. The zero-order chi connectivity index (χ0) is 9.14. The molecule has 0 saturated carbocycles. The number of carbonyl (C=O) groups is 1. The second kappa shape index (κ2) is 3.85. The number of rotatable bonds is 3. The summed E-state index contributed by atoms with van der Waals surface area (Å²) in [4.78, 5) is 10.8. The molecule has 1 aromatic heterocycles. The number of nitrogens with zero attached hydrogens (tertiary/aromatic N) is 2. The van der Waals surface area contributed by atoms with Gasteiger partial charge in [0.1, 0.15) is 5.78 Å². The van der Waals surface area contributed by atoms with Crippen molar-refractivity contribution in [3.05, 3.63) is 18.0 Å². The Morgan fingerprint density at radius 2 is 2.50 bits per heavy atom. The van der Waals surface area contributed by atoms with Gasteiger partial charge in [0.25, 0.3) is 0 Å². The molecule has 12 heavy (non-hydrogen) atoms. The molecule has 0 aliphatic carbocycles. The molecule has 0 aromatic carbocycles. The van der Waals surface area contributed by atoms with Crippen LogP contribution in [0.25, 0.3) is 0 Å². The Labute approximate surface area is 79.9 Å². The first-order valence-corrected chi connectivity index (χ1v) is 4.63. The molecule has 0 fully saturated rings. The van der Waals surface area contributed by atoms with Gasteiger partial charge in [-0.2, -0.15) is 5.10 Å². The minimum absolute atomic E-state index is 0.0818. The lowest BCUT2D eigenvalue weighted by atomic mass is 10.1. The highest BCUT2D eigenvalue weighted by molar-refractivity contribution is 9.10. The van der Waals surface area contributed by atoms with E-state index in [1.54, 1.807) is 17.8 Å². The molecule has 0 aliphatic rings. The maximum Gasteiger partial charge on any atom is 0.143 e. The van der Waals surface area contributed by atoms with E-state index in [-0.39, 0.29) is 10.6 Å². The monoisotopic (exact) mass is 230 g/mol. The minimum atomic E-state index is -0.0818. The predicted octanol–water partition coefficient (Wildman–Crippen LogP) is 1.32. The fourth-order valence-corrected chi connectivity index (χ4v) is 1.30. The smallest absolute Gasteiger partial charge is 0.143 e. The third kappa shape index (κ3) is 2.44. The van der Waals surface area contributed by atoms with Gasteiger partial charge < -0.3 is 0 Å². The number of halogens is 1. The van der Waals surface area contributed by atoms with E-state index in [1.165, 1.54) is 0 Å². The van der Waals surface area contributed by atoms with Crippen LogP contribution in [-0.4, -0.2) is 20.4 Å². The average Bonchev–Trinajstić information content (AvgIpc) is 2.35. The van der Waals surface area contributed by atoms with Gasteiger partial charge in [0, 0.05) is 13.2 Å². The van der Waals surface area contributed by atoms with Crippen LogP contribution in [0.5, 0.6) is 0 Å². The van der Waals surface area contributed by atoms with E-state index < -0.39 is 0 Å². The molecule has 0 N–H and O–H groups in total. The van der Waals surface area contributed by atoms with E-state index in [0.717, 1.165) is 5.56 Å². The van der Waals surface area contributed by atoms with E-state index in [9.17, 15) is 4.79 Å². The van der Waals surface area contributed by atoms with Crippen LogP contribution in [0, 0.1) is 0 Å². The highest BCUT2D eigenvalue weighted by Gasteiger charge is 2.10. The maximum absolute atomic E-state index is 10.9. The van der Waals surface area contributed by atoms with Crippen LogP contribution >= 0.6 is 15.9 Å². The van der Waals surface area contributed by atoms with Gasteiger partial charge in [0.05, 0.1) is 11.0 Å². The lowest BCUT2D eigenvalue weighted by Gasteiger charge is -2.01. The zero-order valence-corrected chi connectivity index (χ0v) is 8.71. The third-order valence-electron chi connectivity index (χ3n) is 1.61. The Kier molecular flexibility index (Phi) is 3.03. The normalized spacial score (nSPS) is 12.9. The molecule has 3 nitrogen and oxygen atoms in total. The molecule has 1 heterocycles. The molecule has 1 aromatic rings. The van der Waals surface area contributed by atoms with Gasteiger partial charge in [0.15, 0.2) is 0 Å². The van der Waals surface area contributed by atoms with Crippen molar-refractivity contribution in [1.82, 2.24) is 9.78 Å². The first-order chi connectivity index (χ1) is 5.59. The summed E-state index contributed by atoms with van der Waals surface area (Å²) in [5.41, 5.74) is 1.08. The van der Waals surface area contributed by atoms with Gasteiger partial charge in [0.2, 0.25) is 0 Å². The molecule has 0 aliphatic heterocycles.